The summed E-state index contributed by atoms with van der Waals surface area (Å²) in [5.74, 6) is -4.91. The van der Waals surface area contributed by atoms with Crippen LogP contribution in [0.4, 0.5) is 0 Å². The maximum absolute atomic E-state index is 12.4. The molecule has 10 nitrogen and oxygen atoms in total. The number of carbonyl (C=O) groups is 4. The van der Waals surface area contributed by atoms with E-state index in [0.29, 0.717) is 25.8 Å². The van der Waals surface area contributed by atoms with E-state index in [4.69, 9.17) is 14.9 Å². The van der Waals surface area contributed by atoms with Crippen LogP contribution in [-0.4, -0.2) is 69.1 Å². The van der Waals surface area contributed by atoms with Crippen molar-refractivity contribution in [2.75, 3.05) is 6.54 Å². The minimum Gasteiger partial charge on any atom is -0.481 e. The largest absolute Gasteiger partial charge is 0.481 e. The number of unbranched alkanes of at least 4 members (excludes halogenated alkanes) is 5. The fraction of sp³-hybridized carbons (Fsp3) is 0.852. The number of hydrogen-bond donors (Lipinski definition) is 5. The second-order valence-electron chi connectivity index (χ2n) is 10.4. The van der Waals surface area contributed by atoms with Crippen LogP contribution in [-0.2, 0) is 23.9 Å². The fourth-order valence-corrected chi connectivity index (χ4v) is 4.27. The molecule has 10 heteroatoms. The Morgan fingerprint density at radius 3 is 1.95 bits per heavy atom. The zero-order valence-electron chi connectivity index (χ0n) is 23.0. The molecule has 0 aromatic rings. The smallest absolute Gasteiger partial charge is 0.307 e. The minimum atomic E-state index is -1.37. The molecule has 0 radical (unpaired) electrons. The topological polar surface area (TPSA) is 170 Å². The normalized spacial score (nSPS) is 16.2. The van der Waals surface area contributed by atoms with Gasteiger partial charge in [-0.1, -0.05) is 65.7 Å². The molecule has 5 N–H and O–H groups in total. The molecule has 0 saturated heterocycles. The molecule has 0 rings (SSSR count). The predicted octanol–water partition coefficient (Wildman–Crippen LogP) is 3.51. The second kappa shape index (κ2) is 19.9. The summed E-state index contributed by atoms with van der Waals surface area (Å²) in [6, 6.07) is 0. The van der Waals surface area contributed by atoms with Crippen molar-refractivity contribution in [3.8, 4) is 0 Å². The van der Waals surface area contributed by atoms with Gasteiger partial charge in [-0.15, -0.1) is 0 Å². The molecular weight excluding hydrogens is 482 g/mol. The van der Waals surface area contributed by atoms with Crippen LogP contribution in [0, 0.1) is 17.8 Å². The zero-order chi connectivity index (χ0) is 28.4. The van der Waals surface area contributed by atoms with Crippen molar-refractivity contribution >= 4 is 23.8 Å². The third-order valence-electron chi connectivity index (χ3n) is 6.75. The molecule has 0 aromatic carbocycles. The number of carboxylic acids is 2. The van der Waals surface area contributed by atoms with Gasteiger partial charge in [-0.3, -0.25) is 19.2 Å². The molecule has 1 amide bonds. The molecule has 6 unspecified atom stereocenters. The Kier molecular flexibility index (Phi) is 18.7. The number of rotatable bonds is 22. The molecule has 0 aliphatic rings. The van der Waals surface area contributed by atoms with Crippen LogP contribution in [0.1, 0.15) is 105 Å². The van der Waals surface area contributed by atoms with E-state index in [1.165, 1.54) is 6.92 Å². The van der Waals surface area contributed by atoms with Crippen LogP contribution in [0.2, 0.25) is 0 Å². The lowest BCUT2D eigenvalue weighted by molar-refractivity contribution is -0.164. The molecule has 6 atom stereocenters. The van der Waals surface area contributed by atoms with Gasteiger partial charge in [0.15, 0.2) is 0 Å². The number of hydrogen-bond acceptors (Lipinski definition) is 7. The molecule has 216 valence electrons. The average molecular weight is 532 g/mol. The first-order chi connectivity index (χ1) is 17.4. The number of esters is 1. The first-order valence-electron chi connectivity index (χ1n) is 13.6. The van der Waals surface area contributed by atoms with Gasteiger partial charge < -0.3 is 30.5 Å². The van der Waals surface area contributed by atoms with Gasteiger partial charge in [-0.05, 0) is 31.1 Å². The van der Waals surface area contributed by atoms with E-state index >= 15 is 0 Å². The van der Waals surface area contributed by atoms with Crippen LogP contribution in [0.5, 0.6) is 0 Å². The number of amides is 1. The summed E-state index contributed by atoms with van der Waals surface area (Å²) in [6.07, 6.45) is 5.52. The molecule has 0 aliphatic carbocycles. The van der Waals surface area contributed by atoms with E-state index in [1.54, 1.807) is 0 Å². The number of nitrogens with one attached hydrogen (secondary N) is 1. The van der Waals surface area contributed by atoms with Crippen molar-refractivity contribution < 1.29 is 44.3 Å². The van der Waals surface area contributed by atoms with Gasteiger partial charge in [-0.2, -0.15) is 0 Å². The summed E-state index contributed by atoms with van der Waals surface area (Å²) in [5, 5.41) is 41.2. The Balaban J connectivity index is 4.36. The van der Waals surface area contributed by atoms with E-state index in [0.717, 1.165) is 44.9 Å². The highest BCUT2D eigenvalue weighted by Gasteiger charge is 2.32. The quantitative estimate of drug-likeness (QED) is 0.104. The van der Waals surface area contributed by atoms with Crippen LogP contribution >= 0.6 is 0 Å². The Morgan fingerprint density at radius 1 is 0.865 bits per heavy atom. The number of carboxylic acid groups (broad SMARTS) is 2. The average Bonchev–Trinajstić information content (AvgIpc) is 2.81. The summed E-state index contributed by atoms with van der Waals surface area (Å²) in [7, 11) is 0. The van der Waals surface area contributed by atoms with Gasteiger partial charge in [-0.25, -0.2) is 0 Å². The molecule has 0 aliphatic heterocycles. The Bertz CT molecular complexity index is 685. The fourth-order valence-electron chi connectivity index (χ4n) is 4.27. The maximum Gasteiger partial charge on any atom is 0.307 e. The van der Waals surface area contributed by atoms with Crippen molar-refractivity contribution in [2.45, 2.75) is 123 Å². The van der Waals surface area contributed by atoms with Crippen molar-refractivity contribution in [1.29, 1.82) is 0 Å². The van der Waals surface area contributed by atoms with E-state index in [9.17, 15) is 29.4 Å². The molecule has 37 heavy (non-hydrogen) atoms. The summed E-state index contributed by atoms with van der Waals surface area (Å²) >= 11 is 0. The highest BCUT2D eigenvalue weighted by atomic mass is 16.6. The van der Waals surface area contributed by atoms with Crippen molar-refractivity contribution in [3.63, 3.8) is 0 Å². The molecule has 0 aromatic heterocycles. The summed E-state index contributed by atoms with van der Waals surface area (Å²) in [5.41, 5.74) is 0. The monoisotopic (exact) mass is 531 g/mol. The number of ether oxygens (including phenoxy) is 1. The lowest BCUT2D eigenvalue weighted by Gasteiger charge is -2.30. The third-order valence-corrected chi connectivity index (χ3v) is 6.75. The summed E-state index contributed by atoms with van der Waals surface area (Å²) in [6.45, 7) is 7.54. The molecule has 0 saturated carbocycles. The van der Waals surface area contributed by atoms with E-state index < -0.39 is 55.0 Å². The van der Waals surface area contributed by atoms with Crippen LogP contribution in [0.25, 0.3) is 0 Å². The first-order valence-corrected chi connectivity index (χ1v) is 13.6. The maximum atomic E-state index is 12.4. The standard InChI is InChI=1S/C27H49NO9/c1-5-19(3)26(37-25(34)16-21(27(35)36)15-24(32)33)23(31)14-18(2)12-10-8-6-7-9-11-13-22(30)17-28-20(4)29/h18-19,21-23,26,30-31H,5-17H2,1-4H3,(H,28,29)(H,32,33)(H,35,36). The molecule has 0 heterocycles. The van der Waals surface area contributed by atoms with Gasteiger partial charge in [0.2, 0.25) is 5.91 Å². The third kappa shape index (κ3) is 17.8. The molecule has 0 bridgehead atoms. The molecule has 0 fully saturated rings. The van der Waals surface area contributed by atoms with Crippen molar-refractivity contribution in [3.05, 3.63) is 0 Å². The van der Waals surface area contributed by atoms with Gasteiger partial charge in [0.05, 0.1) is 31.0 Å². The molecular formula is C27H49NO9. The zero-order valence-corrected chi connectivity index (χ0v) is 23.0. The van der Waals surface area contributed by atoms with Gasteiger partial charge in [0.25, 0.3) is 0 Å². The minimum absolute atomic E-state index is 0.134. The van der Waals surface area contributed by atoms with Gasteiger partial charge in [0, 0.05) is 13.5 Å². The Hall–Kier alpha value is -2.20. The van der Waals surface area contributed by atoms with Crippen LogP contribution in [0.3, 0.4) is 0 Å². The van der Waals surface area contributed by atoms with E-state index in [-0.39, 0.29) is 17.7 Å². The Morgan fingerprint density at radius 2 is 1.43 bits per heavy atom. The highest BCUT2D eigenvalue weighted by Crippen LogP contribution is 2.24. The highest BCUT2D eigenvalue weighted by molar-refractivity contribution is 5.82. The molecule has 0 spiro atoms. The summed E-state index contributed by atoms with van der Waals surface area (Å²) in [4.78, 5) is 45.3. The SMILES string of the molecule is CCC(C)C(OC(=O)CC(CC(=O)O)C(=O)O)C(O)CC(C)CCCCCCCCC(O)CNC(C)=O. The predicted molar refractivity (Wildman–Crippen MR) is 139 cm³/mol. The van der Waals surface area contributed by atoms with Crippen LogP contribution < -0.4 is 5.32 Å². The van der Waals surface area contributed by atoms with Crippen molar-refractivity contribution in [1.82, 2.24) is 5.32 Å². The lowest BCUT2D eigenvalue weighted by Crippen LogP contribution is -2.38. The number of carbonyl (C=O) groups excluding carboxylic acids is 2. The summed E-state index contributed by atoms with van der Waals surface area (Å²) < 4.78 is 5.47. The first kappa shape index (κ1) is 34.8. The van der Waals surface area contributed by atoms with Gasteiger partial charge >= 0.3 is 17.9 Å². The van der Waals surface area contributed by atoms with Crippen LogP contribution in [0.15, 0.2) is 0 Å². The van der Waals surface area contributed by atoms with Gasteiger partial charge in [0.1, 0.15) is 6.10 Å². The van der Waals surface area contributed by atoms with Crippen molar-refractivity contribution in [2.24, 2.45) is 17.8 Å². The lowest BCUT2D eigenvalue weighted by atomic mass is 9.89. The number of aliphatic carboxylic acids is 2. The number of aliphatic hydroxyl groups is 2. The van der Waals surface area contributed by atoms with E-state index in [1.807, 2.05) is 20.8 Å². The van der Waals surface area contributed by atoms with E-state index in [2.05, 4.69) is 5.32 Å². The number of aliphatic hydroxyl groups excluding tert-OH is 2. The Labute approximate surface area is 221 Å². The second-order valence-corrected chi connectivity index (χ2v) is 10.4.